The first kappa shape index (κ1) is 11.6. The van der Waals surface area contributed by atoms with Crippen LogP contribution in [0.25, 0.3) is 0 Å². The lowest BCUT2D eigenvalue weighted by Crippen LogP contribution is -2.11. The van der Waals surface area contributed by atoms with E-state index in [9.17, 15) is 0 Å². The third-order valence-electron chi connectivity index (χ3n) is 2.28. The van der Waals surface area contributed by atoms with E-state index in [2.05, 4.69) is 22.3 Å². The molecule has 90 valence electrons. The van der Waals surface area contributed by atoms with Gasteiger partial charge in [-0.1, -0.05) is 6.92 Å². The van der Waals surface area contributed by atoms with Crippen molar-refractivity contribution < 1.29 is 4.74 Å². The lowest BCUT2D eigenvalue weighted by atomic mass is 10.2. The van der Waals surface area contributed by atoms with Crippen LogP contribution in [0, 0.1) is 0 Å². The summed E-state index contributed by atoms with van der Waals surface area (Å²) < 4.78 is 7.29. The van der Waals surface area contributed by atoms with E-state index in [1.165, 1.54) is 0 Å². The van der Waals surface area contributed by atoms with Crippen LogP contribution in [0.1, 0.15) is 12.5 Å². The molecule has 0 unspecified atom stereocenters. The Morgan fingerprint density at radius 2 is 2.35 bits per heavy atom. The van der Waals surface area contributed by atoms with Gasteiger partial charge in [0.25, 0.3) is 0 Å². The van der Waals surface area contributed by atoms with Crippen LogP contribution in [0.2, 0.25) is 0 Å². The second kappa shape index (κ2) is 5.45. The van der Waals surface area contributed by atoms with Crippen molar-refractivity contribution in [2.75, 3.05) is 6.54 Å². The maximum absolute atomic E-state index is 5.60. The highest BCUT2D eigenvalue weighted by atomic mass is 16.5. The van der Waals surface area contributed by atoms with E-state index in [1.54, 1.807) is 23.3 Å². The molecule has 0 aromatic carbocycles. The molecule has 2 aromatic rings. The molecule has 0 aliphatic carbocycles. The number of nitrogens with zero attached hydrogens (tertiary/aromatic N) is 3. The van der Waals surface area contributed by atoms with Crippen molar-refractivity contribution in [3.8, 4) is 11.6 Å². The second-order valence-electron chi connectivity index (χ2n) is 3.73. The Morgan fingerprint density at radius 1 is 1.47 bits per heavy atom. The standard InChI is InChI=1S/C12H16N4O/c1-3-13-7-10-4-5-14-12(6-10)17-11-8-15-16(2)9-11/h4-6,8-9,13H,3,7H2,1-2H3. The summed E-state index contributed by atoms with van der Waals surface area (Å²) in [5, 5.41) is 7.30. The van der Waals surface area contributed by atoms with E-state index < -0.39 is 0 Å². The molecule has 0 saturated carbocycles. The van der Waals surface area contributed by atoms with Crippen molar-refractivity contribution in [3.05, 3.63) is 36.3 Å². The zero-order chi connectivity index (χ0) is 12.1. The molecular weight excluding hydrogens is 216 g/mol. The zero-order valence-electron chi connectivity index (χ0n) is 10.1. The lowest BCUT2D eigenvalue weighted by Gasteiger charge is -2.05. The van der Waals surface area contributed by atoms with Crippen LogP contribution in [0.5, 0.6) is 11.6 Å². The maximum atomic E-state index is 5.60. The van der Waals surface area contributed by atoms with Gasteiger partial charge in [-0.05, 0) is 18.2 Å². The third kappa shape index (κ3) is 3.29. The summed E-state index contributed by atoms with van der Waals surface area (Å²) in [4.78, 5) is 4.16. The summed E-state index contributed by atoms with van der Waals surface area (Å²) in [6.45, 7) is 3.85. The van der Waals surface area contributed by atoms with Crippen LogP contribution >= 0.6 is 0 Å². The fraction of sp³-hybridized carbons (Fsp3) is 0.333. The highest BCUT2D eigenvalue weighted by Gasteiger charge is 2.02. The van der Waals surface area contributed by atoms with Crippen molar-refractivity contribution >= 4 is 0 Å². The van der Waals surface area contributed by atoms with Gasteiger partial charge < -0.3 is 10.1 Å². The molecule has 0 bridgehead atoms. The summed E-state index contributed by atoms with van der Waals surface area (Å²) in [6.07, 6.45) is 5.22. The number of aromatic nitrogens is 3. The number of hydrogen-bond donors (Lipinski definition) is 1. The smallest absolute Gasteiger partial charge is 0.219 e. The van der Waals surface area contributed by atoms with Crippen LogP contribution < -0.4 is 10.1 Å². The molecule has 0 atom stereocenters. The number of aryl methyl sites for hydroxylation is 1. The van der Waals surface area contributed by atoms with Gasteiger partial charge in [0, 0.05) is 25.9 Å². The highest BCUT2D eigenvalue weighted by Crippen LogP contribution is 2.18. The Labute approximate surface area is 100 Å². The lowest BCUT2D eigenvalue weighted by molar-refractivity contribution is 0.461. The number of ether oxygens (including phenoxy) is 1. The van der Waals surface area contributed by atoms with Gasteiger partial charge in [0.05, 0.1) is 12.4 Å². The Balaban J connectivity index is 2.05. The number of rotatable bonds is 5. The van der Waals surface area contributed by atoms with Crippen LogP contribution in [0.3, 0.4) is 0 Å². The van der Waals surface area contributed by atoms with Gasteiger partial charge in [-0.15, -0.1) is 0 Å². The molecule has 0 amide bonds. The van der Waals surface area contributed by atoms with Crippen LogP contribution in [0.4, 0.5) is 0 Å². The minimum Gasteiger partial charge on any atom is -0.436 e. The molecule has 0 aliphatic heterocycles. The van der Waals surface area contributed by atoms with Crippen molar-refractivity contribution in [2.24, 2.45) is 7.05 Å². The Morgan fingerprint density at radius 3 is 3.06 bits per heavy atom. The van der Waals surface area contributed by atoms with Crippen LogP contribution in [-0.4, -0.2) is 21.3 Å². The van der Waals surface area contributed by atoms with E-state index in [4.69, 9.17) is 4.74 Å². The quantitative estimate of drug-likeness (QED) is 0.852. The Hall–Kier alpha value is -1.88. The first-order valence-electron chi connectivity index (χ1n) is 5.60. The van der Waals surface area contributed by atoms with Gasteiger partial charge in [0.1, 0.15) is 0 Å². The van der Waals surface area contributed by atoms with E-state index in [0.29, 0.717) is 11.6 Å². The molecule has 0 aliphatic rings. The zero-order valence-corrected chi connectivity index (χ0v) is 10.1. The predicted octanol–water partition coefficient (Wildman–Crippen LogP) is 1.72. The third-order valence-corrected chi connectivity index (χ3v) is 2.28. The normalized spacial score (nSPS) is 10.5. The van der Waals surface area contributed by atoms with Crippen LogP contribution in [-0.2, 0) is 13.6 Å². The summed E-state index contributed by atoms with van der Waals surface area (Å²) in [5.41, 5.74) is 1.15. The summed E-state index contributed by atoms with van der Waals surface area (Å²) in [7, 11) is 1.85. The molecule has 0 saturated heterocycles. The first-order valence-corrected chi connectivity index (χ1v) is 5.60. The summed E-state index contributed by atoms with van der Waals surface area (Å²) in [6, 6.07) is 3.90. The predicted molar refractivity (Wildman–Crippen MR) is 64.9 cm³/mol. The van der Waals surface area contributed by atoms with Gasteiger partial charge in [0.15, 0.2) is 5.75 Å². The summed E-state index contributed by atoms with van der Waals surface area (Å²) in [5.74, 6) is 1.29. The van der Waals surface area contributed by atoms with E-state index in [0.717, 1.165) is 18.7 Å². The average Bonchev–Trinajstić information content (AvgIpc) is 2.73. The molecule has 2 aromatic heterocycles. The maximum Gasteiger partial charge on any atom is 0.219 e. The number of nitrogens with one attached hydrogen (secondary N) is 1. The molecule has 2 rings (SSSR count). The van der Waals surface area contributed by atoms with Gasteiger partial charge in [0.2, 0.25) is 5.88 Å². The highest BCUT2D eigenvalue weighted by molar-refractivity contribution is 5.25. The molecular formula is C12H16N4O. The van der Waals surface area contributed by atoms with Gasteiger partial charge in [-0.25, -0.2) is 4.98 Å². The fourth-order valence-corrected chi connectivity index (χ4v) is 1.46. The molecule has 0 spiro atoms. The molecule has 0 fully saturated rings. The number of hydrogen-bond acceptors (Lipinski definition) is 4. The van der Waals surface area contributed by atoms with Gasteiger partial charge >= 0.3 is 0 Å². The Bertz CT molecular complexity index is 481. The van der Waals surface area contributed by atoms with Crippen LogP contribution in [0.15, 0.2) is 30.7 Å². The van der Waals surface area contributed by atoms with Crippen molar-refractivity contribution in [1.82, 2.24) is 20.1 Å². The van der Waals surface area contributed by atoms with E-state index in [1.807, 2.05) is 19.2 Å². The van der Waals surface area contributed by atoms with Crippen molar-refractivity contribution in [2.45, 2.75) is 13.5 Å². The number of pyridine rings is 1. The largest absolute Gasteiger partial charge is 0.436 e. The minimum absolute atomic E-state index is 0.591. The molecule has 5 nitrogen and oxygen atoms in total. The fourth-order valence-electron chi connectivity index (χ4n) is 1.46. The molecule has 5 heteroatoms. The molecule has 17 heavy (non-hydrogen) atoms. The van der Waals surface area contributed by atoms with Gasteiger partial charge in [-0.2, -0.15) is 5.10 Å². The molecule has 0 radical (unpaired) electrons. The van der Waals surface area contributed by atoms with E-state index in [-0.39, 0.29) is 0 Å². The van der Waals surface area contributed by atoms with Gasteiger partial charge in [-0.3, -0.25) is 4.68 Å². The summed E-state index contributed by atoms with van der Waals surface area (Å²) >= 11 is 0. The minimum atomic E-state index is 0.591. The SMILES string of the molecule is CCNCc1ccnc(Oc2cnn(C)c2)c1. The Kier molecular flexibility index (Phi) is 3.72. The average molecular weight is 232 g/mol. The van der Waals surface area contributed by atoms with Crippen molar-refractivity contribution in [3.63, 3.8) is 0 Å². The second-order valence-corrected chi connectivity index (χ2v) is 3.73. The van der Waals surface area contributed by atoms with E-state index >= 15 is 0 Å². The topological polar surface area (TPSA) is 52.0 Å². The molecule has 1 N–H and O–H groups in total. The molecule has 2 heterocycles. The van der Waals surface area contributed by atoms with Crippen molar-refractivity contribution in [1.29, 1.82) is 0 Å². The monoisotopic (exact) mass is 232 g/mol. The first-order chi connectivity index (χ1) is 8.28.